The maximum Gasteiger partial charge on any atom is 0.257 e. The number of rotatable bonds is 9. The van der Waals surface area contributed by atoms with Crippen LogP contribution in [0.5, 0.6) is 0 Å². The fraction of sp³-hybridized carbons (Fsp3) is 0.476. The van der Waals surface area contributed by atoms with Gasteiger partial charge in [-0.2, -0.15) is 0 Å². The van der Waals surface area contributed by atoms with Crippen LogP contribution in [0.25, 0.3) is 22.2 Å². The fourth-order valence-electron chi connectivity index (χ4n) is 3.16. The monoisotopic (exact) mass is 383 g/mol. The Morgan fingerprint density at radius 3 is 2.64 bits per heavy atom. The molecule has 0 saturated carbocycles. The predicted molar refractivity (Wildman–Crippen MR) is 112 cm³/mol. The molecule has 3 aromatic rings. The van der Waals surface area contributed by atoms with Gasteiger partial charge in [0.05, 0.1) is 11.0 Å². The number of carbonyl (C=O) groups is 1. The summed E-state index contributed by atoms with van der Waals surface area (Å²) >= 11 is 0. The summed E-state index contributed by atoms with van der Waals surface area (Å²) in [5, 5.41) is 2.94. The minimum absolute atomic E-state index is 0.216. The van der Waals surface area contributed by atoms with Crippen molar-refractivity contribution in [3.63, 3.8) is 0 Å². The minimum Gasteiger partial charge on any atom is -0.384 e. The average Bonchev–Trinajstić information content (AvgIpc) is 2.94. The first-order valence-corrected chi connectivity index (χ1v) is 9.93. The zero-order chi connectivity index (χ0) is 20.1. The van der Waals surface area contributed by atoms with Gasteiger partial charge in [-0.3, -0.25) is 4.79 Å². The molecule has 0 spiro atoms. The van der Waals surface area contributed by atoms with E-state index in [9.17, 15) is 4.79 Å². The molecule has 0 unspecified atom stereocenters. The second kappa shape index (κ2) is 9.01. The van der Waals surface area contributed by atoms with Gasteiger partial charge in [0.2, 0.25) is 0 Å². The summed E-state index contributed by atoms with van der Waals surface area (Å²) in [4.78, 5) is 22.4. The van der Waals surface area contributed by atoms with Gasteiger partial charge in [-0.05, 0) is 37.8 Å². The predicted octanol–water partition coefficient (Wildman–Crippen LogP) is 3.37. The summed E-state index contributed by atoms with van der Waals surface area (Å²) in [5.41, 5.74) is 9.59. The molecule has 2 heterocycles. The number of carbonyl (C=O) groups excluding carboxylic acids is 1. The number of nitrogens with zero attached hydrogens (tertiary/aromatic N) is 3. The molecule has 0 aliphatic carbocycles. The topological polar surface area (TPSA) is 95.1 Å². The van der Waals surface area contributed by atoms with Crippen LogP contribution >= 0.6 is 0 Å². The van der Waals surface area contributed by atoms with Crippen LogP contribution in [0.1, 0.15) is 44.0 Å². The Morgan fingerprint density at radius 1 is 1.25 bits per heavy atom. The largest absolute Gasteiger partial charge is 0.384 e. The SMILES string of the molecule is CCOCCCNC(=O)c1c(N)n(CCC(C)C)c2nc3ccccc3nc12. The van der Waals surface area contributed by atoms with E-state index in [2.05, 4.69) is 19.2 Å². The van der Waals surface area contributed by atoms with Crippen molar-refractivity contribution in [3.05, 3.63) is 29.8 Å². The molecule has 28 heavy (non-hydrogen) atoms. The molecule has 0 atom stereocenters. The van der Waals surface area contributed by atoms with E-state index >= 15 is 0 Å². The first kappa shape index (κ1) is 20.1. The molecule has 0 radical (unpaired) electrons. The number of benzene rings is 1. The van der Waals surface area contributed by atoms with Gasteiger partial charge in [-0.1, -0.05) is 26.0 Å². The molecule has 0 aliphatic rings. The zero-order valence-electron chi connectivity index (χ0n) is 16.9. The van der Waals surface area contributed by atoms with Gasteiger partial charge >= 0.3 is 0 Å². The molecule has 0 saturated heterocycles. The van der Waals surface area contributed by atoms with Crippen LogP contribution < -0.4 is 11.1 Å². The molecule has 7 nitrogen and oxygen atoms in total. The number of fused-ring (bicyclic) bond motifs is 2. The van der Waals surface area contributed by atoms with Gasteiger partial charge in [0.1, 0.15) is 16.9 Å². The second-order valence-electron chi connectivity index (χ2n) is 7.29. The van der Waals surface area contributed by atoms with Crippen molar-refractivity contribution >= 4 is 33.9 Å². The number of aromatic nitrogens is 3. The van der Waals surface area contributed by atoms with Gasteiger partial charge in [0, 0.05) is 26.3 Å². The smallest absolute Gasteiger partial charge is 0.257 e. The highest BCUT2D eigenvalue weighted by Crippen LogP contribution is 2.28. The molecule has 3 rings (SSSR count). The third-order valence-corrected chi connectivity index (χ3v) is 4.70. The molecule has 1 amide bonds. The number of hydrogen-bond donors (Lipinski definition) is 2. The number of amides is 1. The van der Waals surface area contributed by atoms with Crippen molar-refractivity contribution < 1.29 is 9.53 Å². The number of para-hydroxylation sites is 2. The first-order chi connectivity index (χ1) is 13.5. The summed E-state index contributed by atoms with van der Waals surface area (Å²) in [6.45, 7) is 8.79. The molecule has 1 aromatic carbocycles. The lowest BCUT2D eigenvalue weighted by atomic mass is 10.1. The zero-order valence-corrected chi connectivity index (χ0v) is 16.9. The van der Waals surface area contributed by atoms with Crippen LogP contribution in [0.2, 0.25) is 0 Å². The van der Waals surface area contributed by atoms with Crippen LogP contribution in [0.15, 0.2) is 24.3 Å². The molecule has 0 aliphatic heterocycles. The quantitative estimate of drug-likeness (QED) is 0.552. The maximum absolute atomic E-state index is 12.9. The van der Waals surface area contributed by atoms with Crippen LogP contribution in [0, 0.1) is 5.92 Å². The molecule has 150 valence electrons. The second-order valence-corrected chi connectivity index (χ2v) is 7.29. The Bertz CT molecular complexity index is 964. The first-order valence-electron chi connectivity index (χ1n) is 9.93. The van der Waals surface area contributed by atoms with E-state index in [1.807, 2.05) is 35.8 Å². The van der Waals surface area contributed by atoms with E-state index in [1.165, 1.54) is 0 Å². The average molecular weight is 383 g/mol. The van der Waals surface area contributed by atoms with E-state index in [0.717, 1.165) is 23.9 Å². The normalized spacial score (nSPS) is 11.6. The van der Waals surface area contributed by atoms with Crippen molar-refractivity contribution in [2.24, 2.45) is 5.92 Å². The third-order valence-electron chi connectivity index (χ3n) is 4.70. The summed E-state index contributed by atoms with van der Waals surface area (Å²) in [6, 6.07) is 7.66. The number of nitrogen functional groups attached to an aromatic ring is 1. The fourth-order valence-corrected chi connectivity index (χ4v) is 3.16. The number of nitrogens with two attached hydrogens (primary N) is 1. The van der Waals surface area contributed by atoms with E-state index in [1.54, 1.807) is 0 Å². The Kier molecular flexibility index (Phi) is 6.46. The standard InChI is InChI=1S/C21H29N5O2/c1-4-28-13-7-11-23-21(27)17-18-20(26(19(17)22)12-10-14(2)3)25-16-9-6-5-8-15(16)24-18/h5-6,8-9,14H,4,7,10-13,22H2,1-3H3,(H,23,27). The van der Waals surface area contributed by atoms with Crippen LogP contribution in [-0.2, 0) is 11.3 Å². The summed E-state index contributed by atoms with van der Waals surface area (Å²) in [6.07, 6.45) is 1.69. The number of nitrogens with one attached hydrogen (secondary N) is 1. The molecule has 0 bridgehead atoms. The van der Waals surface area contributed by atoms with Crippen molar-refractivity contribution in [2.45, 2.75) is 40.2 Å². The van der Waals surface area contributed by atoms with Crippen molar-refractivity contribution in [2.75, 3.05) is 25.5 Å². The summed E-state index contributed by atoms with van der Waals surface area (Å²) in [7, 11) is 0. The highest BCUT2D eigenvalue weighted by molar-refractivity contribution is 6.10. The van der Waals surface area contributed by atoms with E-state index in [-0.39, 0.29) is 5.91 Å². The molecule has 0 fully saturated rings. The van der Waals surface area contributed by atoms with E-state index < -0.39 is 0 Å². The third kappa shape index (κ3) is 4.25. The highest BCUT2D eigenvalue weighted by Gasteiger charge is 2.23. The van der Waals surface area contributed by atoms with Crippen LogP contribution in [0.3, 0.4) is 0 Å². The summed E-state index contributed by atoms with van der Waals surface area (Å²) in [5.74, 6) is 0.723. The van der Waals surface area contributed by atoms with Crippen LogP contribution in [-0.4, -0.2) is 40.2 Å². The lowest BCUT2D eigenvalue weighted by molar-refractivity contribution is 0.0946. The van der Waals surface area contributed by atoms with Gasteiger partial charge in [0.25, 0.3) is 5.91 Å². The number of ether oxygens (including phenoxy) is 1. The highest BCUT2D eigenvalue weighted by atomic mass is 16.5. The van der Waals surface area contributed by atoms with Crippen LogP contribution in [0.4, 0.5) is 5.82 Å². The Morgan fingerprint density at radius 2 is 1.96 bits per heavy atom. The molecule has 3 N–H and O–H groups in total. The van der Waals surface area contributed by atoms with E-state index in [0.29, 0.717) is 54.8 Å². The lowest BCUT2D eigenvalue weighted by Crippen LogP contribution is -2.26. The molecular weight excluding hydrogens is 354 g/mol. The van der Waals surface area contributed by atoms with Gasteiger partial charge < -0.3 is 20.4 Å². The number of hydrogen-bond acceptors (Lipinski definition) is 5. The maximum atomic E-state index is 12.9. The lowest BCUT2D eigenvalue weighted by Gasteiger charge is -2.10. The Labute approximate surface area is 165 Å². The van der Waals surface area contributed by atoms with Gasteiger partial charge in [0.15, 0.2) is 5.65 Å². The molecular formula is C21H29N5O2. The molecule has 2 aromatic heterocycles. The van der Waals surface area contributed by atoms with Gasteiger partial charge in [-0.15, -0.1) is 0 Å². The van der Waals surface area contributed by atoms with Crippen molar-refractivity contribution in [3.8, 4) is 0 Å². The van der Waals surface area contributed by atoms with Gasteiger partial charge in [-0.25, -0.2) is 9.97 Å². The Hall–Kier alpha value is -2.67. The molecule has 7 heteroatoms. The Balaban J connectivity index is 1.98. The van der Waals surface area contributed by atoms with Crippen molar-refractivity contribution in [1.29, 1.82) is 0 Å². The number of anilines is 1. The minimum atomic E-state index is -0.216. The summed E-state index contributed by atoms with van der Waals surface area (Å²) < 4.78 is 7.24. The van der Waals surface area contributed by atoms with E-state index in [4.69, 9.17) is 20.4 Å². The number of aryl methyl sites for hydroxylation is 1. The van der Waals surface area contributed by atoms with Crippen molar-refractivity contribution in [1.82, 2.24) is 19.9 Å².